The van der Waals surface area contributed by atoms with Gasteiger partial charge in [-0.25, -0.2) is 12.8 Å². The van der Waals surface area contributed by atoms with Gasteiger partial charge in [0.1, 0.15) is 16.5 Å². The smallest absolute Gasteiger partial charge is 0.387 e. The molecule has 8 heteroatoms. The topological polar surface area (TPSA) is 43.4 Å². The second-order valence-electron chi connectivity index (χ2n) is 2.41. The number of ether oxygens (including phenoxy) is 1. The standard InChI is InChI=1S/C7H4ClF3O3S/c8-15(12,13)6-3-4(9)1-2-5(6)14-7(10)11/h1-3,7H. The molecule has 0 aliphatic carbocycles. The largest absolute Gasteiger partial charge is 0.433 e. The van der Waals surface area contributed by atoms with Gasteiger partial charge in [-0.1, -0.05) is 0 Å². The van der Waals surface area contributed by atoms with Crippen LogP contribution in [0.4, 0.5) is 13.2 Å². The van der Waals surface area contributed by atoms with E-state index in [-0.39, 0.29) is 0 Å². The van der Waals surface area contributed by atoms with Crippen LogP contribution in [-0.4, -0.2) is 15.0 Å². The maximum atomic E-state index is 12.6. The quantitative estimate of drug-likeness (QED) is 0.784. The molecule has 0 unspecified atom stereocenters. The van der Waals surface area contributed by atoms with E-state index >= 15 is 0 Å². The molecule has 1 aromatic rings. The van der Waals surface area contributed by atoms with Crippen LogP contribution in [0.2, 0.25) is 0 Å². The molecule has 0 atom stereocenters. The zero-order chi connectivity index (χ0) is 11.6. The van der Waals surface area contributed by atoms with Crippen molar-refractivity contribution in [1.29, 1.82) is 0 Å². The van der Waals surface area contributed by atoms with Gasteiger partial charge in [0.2, 0.25) is 0 Å². The number of rotatable bonds is 3. The molecule has 0 saturated carbocycles. The van der Waals surface area contributed by atoms with Gasteiger partial charge in [0.25, 0.3) is 9.05 Å². The van der Waals surface area contributed by atoms with Gasteiger partial charge in [0, 0.05) is 10.7 Å². The van der Waals surface area contributed by atoms with Crippen LogP contribution in [-0.2, 0) is 9.05 Å². The van der Waals surface area contributed by atoms with Gasteiger partial charge in [-0.15, -0.1) is 0 Å². The molecule has 0 bridgehead atoms. The molecule has 0 aliphatic rings. The average molecular weight is 261 g/mol. The summed E-state index contributed by atoms with van der Waals surface area (Å²) < 4.78 is 61.9. The van der Waals surface area contributed by atoms with E-state index in [0.29, 0.717) is 6.07 Å². The summed E-state index contributed by atoms with van der Waals surface area (Å²) >= 11 is 0. The molecule has 0 spiro atoms. The summed E-state index contributed by atoms with van der Waals surface area (Å²) in [7, 11) is 0.572. The summed E-state index contributed by atoms with van der Waals surface area (Å²) in [6.45, 7) is -3.22. The van der Waals surface area contributed by atoms with Gasteiger partial charge in [-0.2, -0.15) is 8.78 Å². The zero-order valence-electron chi connectivity index (χ0n) is 6.95. The number of halogens is 4. The summed E-state index contributed by atoms with van der Waals surface area (Å²) in [4.78, 5) is -0.829. The Morgan fingerprint density at radius 3 is 2.40 bits per heavy atom. The Hall–Kier alpha value is -0.950. The number of alkyl halides is 2. The van der Waals surface area contributed by atoms with E-state index in [1.165, 1.54) is 0 Å². The summed E-state index contributed by atoms with van der Waals surface area (Å²) in [6.07, 6.45) is 0. The minimum absolute atomic E-state index is 0.500. The summed E-state index contributed by atoms with van der Waals surface area (Å²) in [6, 6.07) is 2.04. The molecule has 3 nitrogen and oxygen atoms in total. The molecule has 0 saturated heterocycles. The molecule has 0 radical (unpaired) electrons. The highest BCUT2D eigenvalue weighted by atomic mass is 35.7. The lowest BCUT2D eigenvalue weighted by Crippen LogP contribution is -2.06. The lowest BCUT2D eigenvalue weighted by Gasteiger charge is -2.07. The summed E-state index contributed by atoms with van der Waals surface area (Å²) in [5.41, 5.74) is 0. The number of hydrogen-bond donors (Lipinski definition) is 0. The van der Waals surface area contributed by atoms with Gasteiger partial charge in [0.15, 0.2) is 0 Å². The maximum absolute atomic E-state index is 12.6. The van der Waals surface area contributed by atoms with E-state index in [9.17, 15) is 21.6 Å². The van der Waals surface area contributed by atoms with E-state index in [2.05, 4.69) is 4.74 Å². The Labute approximate surface area is 87.8 Å². The Balaban J connectivity index is 3.27. The SMILES string of the molecule is O=S(=O)(Cl)c1cc(F)ccc1OC(F)F. The van der Waals surface area contributed by atoms with Crippen LogP contribution < -0.4 is 4.74 Å². The molecule has 0 N–H and O–H groups in total. The first-order valence-corrected chi connectivity index (χ1v) is 5.80. The number of hydrogen-bond acceptors (Lipinski definition) is 3. The van der Waals surface area contributed by atoms with Crippen LogP contribution >= 0.6 is 10.7 Å². The molecule has 1 rings (SSSR count). The average Bonchev–Trinajstić information content (AvgIpc) is 2.05. The minimum Gasteiger partial charge on any atom is -0.433 e. The van der Waals surface area contributed by atoms with Crippen molar-refractivity contribution in [2.24, 2.45) is 0 Å². The third kappa shape index (κ3) is 3.28. The lowest BCUT2D eigenvalue weighted by atomic mass is 10.3. The fourth-order valence-electron chi connectivity index (χ4n) is 0.866. The van der Waals surface area contributed by atoms with Crippen molar-refractivity contribution < 1.29 is 26.3 Å². The van der Waals surface area contributed by atoms with E-state index in [1.54, 1.807) is 0 Å². The van der Waals surface area contributed by atoms with E-state index in [1.807, 2.05) is 0 Å². The Bertz CT molecular complexity index is 461. The zero-order valence-corrected chi connectivity index (χ0v) is 8.53. The first-order valence-electron chi connectivity index (χ1n) is 3.50. The first kappa shape index (κ1) is 12.1. The van der Waals surface area contributed by atoms with Crippen LogP contribution in [0.15, 0.2) is 23.1 Å². The van der Waals surface area contributed by atoms with Gasteiger partial charge in [-0.3, -0.25) is 0 Å². The van der Waals surface area contributed by atoms with Crippen molar-refractivity contribution in [2.75, 3.05) is 0 Å². The van der Waals surface area contributed by atoms with Gasteiger partial charge < -0.3 is 4.74 Å². The van der Waals surface area contributed by atoms with Crippen molar-refractivity contribution >= 4 is 19.7 Å². The molecule has 0 fully saturated rings. The minimum atomic E-state index is -4.33. The van der Waals surface area contributed by atoms with Crippen molar-refractivity contribution in [2.45, 2.75) is 11.5 Å². The third-order valence-electron chi connectivity index (χ3n) is 1.38. The van der Waals surface area contributed by atoms with Crippen LogP contribution in [0.5, 0.6) is 5.75 Å². The Morgan fingerprint density at radius 2 is 1.93 bits per heavy atom. The lowest BCUT2D eigenvalue weighted by molar-refractivity contribution is -0.0517. The van der Waals surface area contributed by atoms with Crippen molar-refractivity contribution in [3.63, 3.8) is 0 Å². The molecule has 0 amide bonds. The second kappa shape index (κ2) is 4.28. The normalized spacial score (nSPS) is 11.8. The highest BCUT2D eigenvalue weighted by molar-refractivity contribution is 8.13. The van der Waals surface area contributed by atoms with Crippen LogP contribution in [0, 0.1) is 5.82 Å². The van der Waals surface area contributed by atoms with E-state index in [4.69, 9.17) is 10.7 Å². The summed E-state index contributed by atoms with van der Waals surface area (Å²) in [5, 5.41) is 0. The first-order chi connectivity index (χ1) is 6.80. The molecule has 1 aromatic carbocycles. The maximum Gasteiger partial charge on any atom is 0.387 e. The van der Waals surface area contributed by atoms with Crippen molar-refractivity contribution in [3.05, 3.63) is 24.0 Å². The summed E-state index contributed by atoms with van der Waals surface area (Å²) in [5.74, 6) is -1.61. The van der Waals surface area contributed by atoms with Gasteiger partial charge in [0.05, 0.1) is 0 Å². The predicted octanol–water partition coefficient (Wildman–Crippen LogP) is 2.35. The van der Waals surface area contributed by atoms with E-state index in [0.717, 1.165) is 12.1 Å². The van der Waals surface area contributed by atoms with Gasteiger partial charge >= 0.3 is 6.61 Å². The predicted molar refractivity (Wildman–Crippen MR) is 46.1 cm³/mol. The monoisotopic (exact) mass is 260 g/mol. The fraction of sp³-hybridized carbons (Fsp3) is 0.143. The Kier molecular flexibility index (Phi) is 3.46. The van der Waals surface area contributed by atoms with E-state index < -0.39 is 32.1 Å². The second-order valence-corrected chi connectivity index (χ2v) is 4.94. The van der Waals surface area contributed by atoms with Crippen LogP contribution in [0.25, 0.3) is 0 Å². The highest BCUT2D eigenvalue weighted by Gasteiger charge is 2.20. The van der Waals surface area contributed by atoms with Crippen LogP contribution in [0.3, 0.4) is 0 Å². The third-order valence-corrected chi connectivity index (χ3v) is 2.73. The highest BCUT2D eigenvalue weighted by Crippen LogP contribution is 2.28. The molecule has 15 heavy (non-hydrogen) atoms. The van der Waals surface area contributed by atoms with Crippen molar-refractivity contribution in [3.8, 4) is 5.75 Å². The molecule has 0 aliphatic heterocycles. The molecule has 84 valence electrons. The van der Waals surface area contributed by atoms with Crippen molar-refractivity contribution in [1.82, 2.24) is 0 Å². The molecular formula is C7H4ClF3O3S. The van der Waals surface area contributed by atoms with Crippen LogP contribution in [0.1, 0.15) is 0 Å². The fourth-order valence-corrected chi connectivity index (χ4v) is 1.84. The Morgan fingerprint density at radius 1 is 1.33 bits per heavy atom. The molecular weight excluding hydrogens is 257 g/mol. The molecule has 0 aromatic heterocycles. The molecule has 0 heterocycles. The van der Waals surface area contributed by atoms with Gasteiger partial charge in [-0.05, 0) is 18.2 Å². The number of benzene rings is 1.